The molecule has 2 N–H and O–H groups in total. The van der Waals surface area contributed by atoms with E-state index in [2.05, 4.69) is 32.2 Å². The minimum atomic E-state index is 0.0453. The zero-order chi connectivity index (χ0) is 14.5. The highest BCUT2D eigenvalue weighted by Crippen LogP contribution is 2.14. The number of nitrogens with one attached hydrogen (secondary N) is 1. The summed E-state index contributed by atoms with van der Waals surface area (Å²) >= 11 is 0. The van der Waals surface area contributed by atoms with E-state index >= 15 is 0 Å². The van der Waals surface area contributed by atoms with E-state index < -0.39 is 0 Å². The molecule has 0 saturated carbocycles. The Bertz CT molecular complexity index is 567. The van der Waals surface area contributed by atoms with Gasteiger partial charge < -0.3 is 15.0 Å². The molecule has 2 heterocycles. The summed E-state index contributed by atoms with van der Waals surface area (Å²) in [6, 6.07) is 10.3. The van der Waals surface area contributed by atoms with Crippen LogP contribution in [0.25, 0.3) is 0 Å². The highest BCUT2D eigenvalue weighted by atomic mass is 16.3. The smallest absolute Gasteiger partial charge is 0.147 e. The normalized spacial score (nSPS) is 15.7. The maximum Gasteiger partial charge on any atom is 0.147 e. The molecule has 3 rings (SSSR count). The predicted molar refractivity (Wildman–Crippen MR) is 80.8 cm³/mol. The van der Waals surface area contributed by atoms with E-state index in [0.29, 0.717) is 6.54 Å². The minimum Gasteiger partial charge on any atom is -0.395 e. The number of fused-ring (bicyclic) bond motifs is 1. The first kappa shape index (κ1) is 14.2. The Hall–Kier alpha value is -1.72. The first-order valence-electron chi connectivity index (χ1n) is 7.66. The molecule has 0 radical (unpaired) electrons. The highest BCUT2D eigenvalue weighted by Gasteiger charge is 2.16. The van der Waals surface area contributed by atoms with Crippen molar-refractivity contribution in [2.45, 2.75) is 44.8 Å². The predicted octanol–water partition coefficient (Wildman–Crippen LogP) is 1.31. The van der Waals surface area contributed by atoms with Crippen molar-refractivity contribution in [3.05, 3.63) is 47.5 Å². The molecule has 0 aliphatic carbocycles. The number of hydrogen-bond acceptors (Lipinski definition) is 4. The van der Waals surface area contributed by atoms with Gasteiger partial charge in [-0.1, -0.05) is 30.3 Å². The number of hydrogen-bond donors (Lipinski definition) is 2. The molecular weight excluding hydrogens is 264 g/mol. The van der Waals surface area contributed by atoms with Crippen LogP contribution in [0, 0.1) is 0 Å². The molecule has 1 atom stereocenters. The van der Waals surface area contributed by atoms with Crippen molar-refractivity contribution in [3.8, 4) is 0 Å². The van der Waals surface area contributed by atoms with E-state index in [1.54, 1.807) is 0 Å². The molecule has 0 fully saturated rings. The molecule has 1 aromatic heterocycles. The van der Waals surface area contributed by atoms with Crippen molar-refractivity contribution in [3.63, 3.8) is 0 Å². The van der Waals surface area contributed by atoms with Gasteiger partial charge in [-0.3, -0.25) is 0 Å². The number of nitrogens with zero attached hydrogens (tertiary/aromatic N) is 3. The summed E-state index contributed by atoms with van der Waals surface area (Å²) in [6.45, 7) is 1.79. The topological polar surface area (TPSA) is 63.0 Å². The Labute approximate surface area is 125 Å². The van der Waals surface area contributed by atoms with Crippen LogP contribution >= 0.6 is 0 Å². The third kappa shape index (κ3) is 3.49. The summed E-state index contributed by atoms with van der Waals surface area (Å²) in [5.41, 5.74) is 1.23. The average Bonchev–Trinajstić information content (AvgIpc) is 2.96. The number of aromatic nitrogens is 3. The molecule has 1 unspecified atom stereocenters. The molecule has 1 aliphatic heterocycles. The van der Waals surface area contributed by atoms with Gasteiger partial charge in [0.2, 0.25) is 0 Å². The zero-order valence-electron chi connectivity index (χ0n) is 12.2. The molecule has 0 saturated heterocycles. The summed E-state index contributed by atoms with van der Waals surface area (Å²) in [7, 11) is 0. The Morgan fingerprint density at radius 1 is 1.19 bits per heavy atom. The summed E-state index contributed by atoms with van der Waals surface area (Å²) in [5, 5.41) is 21.5. The molecule has 0 spiro atoms. The summed E-state index contributed by atoms with van der Waals surface area (Å²) in [4.78, 5) is 0. The summed E-state index contributed by atoms with van der Waals surface area (Å²) < 4.78 is 2.22. The van der Waals surface area contributed by atoms with E-state index in [9.17, 15) is 5.11 Å². The second-order valence-corrected chi connectivity index (χ2v) is 5.59. The summed E-state index contributed by atoms with van der Waals surface area (Å²) in [5.74, 6) is 2.08. The Morgan fingerprint density at radius 2 is 2.05 bits per heavy atom. The molecule has 2 aromatic rings. The minimum absolute atomic E-state index is 0.0453. The monoisotopic (exact) mass is 286 g/mol. The van der Waals surface area contributed by atoms with Crippen LogP contribution < -0.4 is 5.32 Å². The first-order valence-corrected chi connectivity index (χ1v) is 7.66. The Morgan fingerprint density at radius 3 is 2.86 bits per heavy atom. The van der Waals surface area contributed by atoms with Crippen LogP contribution in [0.5, 0.6) is 0 Å². The highest BCUT2D eigenvalue weighted by molar-refractivity contribution is 5.16. The van der Waals surface area contributed by atoms with Crippen LogP contribution in [0.2, 0.25) is 0 Å². The maximum absolute atomic E-state index is 9.55. The van der Waals surface area contributed by atoms with E-state index in [0.717, 1.165) is 31.0 Å². The van der Waals surface area contributed by atoms with Gasteiger partial charge in [0.05, 0.1) is 13.2 Å². The molecule has 1 aliphatic rings. The number of aryl methyl sites for hydroxylation is 1. The van der Waals surface area contributed by atoms with E-state index in [4.69, 9.17) is 0 Å². The van der Waals surface area contributed by atoms with Gasteiger partial charge in [-0.25, -0.2) is 0 Å². The van der Waals surface area contributed by atoms with Crippen LogP contribution in [0.1, 0.15) is 30.1 Å². The van der Waals surface area contributed by atoms with Crippen molar-refractivity contribution in [1.29, 1.82) is 0 Å². The standard InChI is InChI=1S/C16H22N4O/c21-12-14(10-13-6-2-1-3-7-13)17-11-16-19-18-15-8-4-5-9-20(15)16/h1-3,6-7,14,17,21H,4-5,8-12H2. The van der Waals surface area contributed by atoms with Crippen molar-refractivity contribution in [2.75, 3.05) is 6.61 Å². The number of rotatable bonds is 6. The van der Waals surface area contributed by atoms with Gasteiger partial charge in [-0.15, -0.1) is 10.2 Å². The van der Waals surface area contributed by atoms with Gasteiger partial charge in [0.15, 0.2) is 0 Å². The van der Waals surface area contributed by atoms with Crippen LogP contribution in [0.4, 0.5) is 0 Å². The largest absolute Gasteiger partial charge is 0.395 e. The fourth-order valence-electron chi connectivity index (χ4n) is 2.83. The molecule has 1 aromatic carbocycles. The Kier molecular flexibility index (Phi) is 4.62. The molecular formula is C16H22N4O. The molecule has 5 heteroatoms. The van der Waals surface area contributed by atoms with Crippen LogP contribution in [-0.4, -0.2) is 32.5 Å². The third-order valence-corrected chi connectivity index (χ3v) is 4.03. The molecule has 0 bridgehead atoms. The van der Waals surface area contributed by atoms with Crippen molar-refractivity contribution in [1.82, 2.24) is 20.1 Å². The lowest BCUT2D eigenvalue weighted by molar-refractivity contribution is 0.239. The lowest BCUT2D eigenvalue weighted by Crippen LogP contribution is -2.35. The second-order valence-electron chi connectivity index (χ2n) is 5.59. The average molecular weight is 286 g/mol. The van der Waals surface area contributed by atoms with Gasteiger partial charge in [0.1, 0.15) is 11.6 Å². The lowest BCUT2D eigenvalue weighted by atomic mass is 10.1. The number of aliphatic hydroxyl groups excluding tert-OH is 1. The van der Waals surface area contributed by atoms with E-state index in [-0.39, 0.29) is 12.6 Å². The van der Waals surface area contributed by atoms with Gasteiger partial charge in [-0.05, 0) is 24.8 Å². The van der Waals surface area contributed by atoms with Crippen LogP contribution in [-0.2, 0) is 25.9 Å². The number of aliphatic hydroxyl groups is 1. The van der Waals surface area contributed by atoms with Gasteiger partial charge in [0.25, 0.3) is 0 Å². The second kappa shape index (κ2) is 6.83. The summed E-state index contributed by atoms with van der Waals surface area (Å²) in [6.07, 6.45) is 4.25. The van der Waals surface area contributed by atoms with Gasteiger partial charge in [-0.2, -0.15) is 0 Å². The van der Waals surface area contributed by atoms with Crippen molar-refractivity contribution >= 4 is 0 Å². The van der Waals surface area contributed by atoms with E-state index in [1.807, 2.05) is 18.2 Å². The lowest BCUT2D eigenvalue weighted by Gasteiger charge is -2.18. The van der Waals surface area contributed by atoms with Crippen molar-refractivity contribution in [2.24, 2.45) is 0 Å². The van der Waals surface area contributed by atoms with Crippen LogP contribution in [0.15, 0.2) is 30.3 Å². The molecule has 0 amide bonds. The van der Waals surface area contributed by atoms with Crippen LogP contribution in [0.3, 0.4) is 0 Å². The van der Waals surface area contributed by atoms with Gasteiger partial charge >= 0.3 is 0 Å². The fourth-order valence-corrected chi connectivity index (χ4v) is 2.83. The number of benzene rings is 1. The zero-order valence-corrected chi connectivity index (χ0v) is 12.2. The SMILES string of the molecule is OCC(Cc1ccccc1)NCc1nnc2n1CCCC2. The Balaban J connectivity index is 1.59. The maximum atomic E-state index is 9.55. The van der Waals surface area contributed by atoms with Gasteiger partial charge in [0, 0.05) is 19.0 Å². The van der Waals surface area contributed by atoms with E-state index in [1.165, 1.54) is 18.4 Å². The first-order chi connectivity index (χ1) is 10.4. The third-order valence-electron chi connectivity index (χ3n) is 4.03. The quantitative estimate of drug-likeness (QED) is 0.840. The molecule has 21 heavy (non-hydrogen) atoms. The van der Waals surface area contributed by atoms with Crippen molar-refractivity contribution < 1.29 is 5.11 Å². The molecule has 112 valence electrons. The fraction of sp³-hybridized carbons (Fsp3) is 0.500. The molecule has 5 nitrogen and oxygen atoms in total.